The highest BCUT2D eigenvalue weighted by Crippen LogP contribution is 2.16. The van der Waals surface area contributed by atoms with E-state index in [-0.39, 0.29) is 18.3 Å². The minimum Gasteiger partial charge on any atom is -0.390 e. The molecule has 1 aromatic heterocycles. The molecule has 1 aliphatic rings. The van der Waals surface area contributed by atoms with Crippen molar-refractivity contribution >= 4 is 11.7 Å². The number of hydrogen-bond acceptors (Lipinski definition) is 4. The number of benzene rings is 1. The molecule has 0 saturated heterocycles. The van der Waals surface area contributed by atoms with Crippen LogP contribution in [0.1, 0.15) is 41.0 Å². The van der Waals surface area contributed by atoms with Gasteiger partial charge in [-0.2, -0.15) is 5.10 Å². The summed E-state index contributed by atoms with van der Waals surface area (Å²) >= 11 is 0. The molecule has 0 aliphatic carbocycles. The van der Waals surface area contributed by atoms with E-state index < -0.39 is 0 Å². The first-order valence-corrected chi connectivity index (χ1v) is 8.20. The summed E-state index contributed by atoms with van der Waals surface area (Å²) in [5, 5.41) is 13.4. The van der Waals surface area contributed by atoms with Crippen LogP contribution < -0.4 is 0 Å². The minimum absolute atomic E-state index is 0.0638. The monoisotopic (exact) mass is 327 g/mol. The number of carbonyl (C=O) groups excluding carboxylic acids is 2. The number of ketones is 1. The molecule has 2 heterocycles. The maximum atomic E-state index is 12.3. The molecule has 0 saturated carbocycles. The summed E-state index contributed by atoms with van der Waals surface area (Å²) in [6.45, 7) is 1.68. The molecule has 1 aromatic carbocycles. The van der Waals surface area contributed by atoms with Crippen molar-refractivity contribution in [2.75, 3.05) is 6.54 Å². The van der Waals surface area contributed by atoms with Crippen molar-refractivity contribution in [1.29, 1.82) is 0 Å². The molecule has 2 aromatic rings. The van der Waals surface area contributed by atoms with E-state index in [1.165, 1.54) is 0 Å². The molecule has 1 N–H and O–H groups in total. The van der Waals surface area contributed by atoms with Gasteiger partial charge in [0.1, 0.15) is 0 Å². The lowest BCUT2D eigenvalue weighted by Crippen LogP contribution is -2.38. The average molecular weight is 327 g/mol. The number of hydrogen-bond donors (Lipinski definition) is 1. The Bertz CT molecular complexity index is 724. The Labute approximate surface area is 140 Å². The van der Waals surface area contributed by atoms with E-state index in [1.807, 2.05) is 28.9 Å². The van der Waals surface area contributed by atoms with Crippen LogP contribution in [0.2, 0.25) is 0 Å². The third-order valence-electron chi connectivity index (χ3n) is 4.25. The standard InChI is InChI=1S/C18H21N3O3/c22-13-15-11-16-12-20(9-10-21(16)19-15)18(24)8-4-7-17(23)14-5-2-1-3-6-14/h1-3,5-6,11,22H,4,7-10,12-13H2. The van der Waals surface area contributed by atoms with Crippen LogP contribution in [0.4, 0.5) is 0 Å². The zero-order chi connectivity index (χ0) is 16.9. The highest BCUT2D eigenvalue weighted by molar-refractivity contribution is 5.96. The summed E-state index contributed by atoms with van der Waals surface area (Å²) < 4.78 is 1.84. The Morgan fingerprint density at radius 3 is 2.67 bits per heavy atom. The quantitative estimate of drug-likeness (QED) is 0.821. The van der Waals surface area contributed by atoms with Gasteiger partial charge >= 0.3 is 0 Å². The molecule has 0 unspecified atom stereocenters. The average Bonchev–Trinajstić information content (AvgIpc) is 3.04. The second-order valence-corrected chi connectivity index (χ2v) is 5.97. The minimum atomic E-state index is -0.0878. The molecule has 0 radical (unpaired) electrons. The van der Waals surface area contributed by atoms with Gasteiger partial charge in [-0.15, -0.1) is 0 Å². The Balaban J connectivity index is 1.48. The number of aliphatic hydroxyl groups is 1. The van der Waals surface area contributed by atoms with Crippen LogP contribution in [0.25, 0.3) is 0 Å². The fourth-order valence-corrected chi connectivity index (χ4v) is 2.94. The van der Waals surface area contributed by atoms with Crippen molar-refractivity contribution in [3.05, 3.63) is 53.3 Å². The highest BCUT2D eigenvalue weighted by atomic mass is 16.3. The summed E-state index contributed by atoms with van der Waals surface area (Å²) in [5.41, 5.74) is 2.27. The SMILES string of the molecule is O=C(CCCC(=O)N1CCn2nc(CO)cc2C1)c1ccccc1. The van der Waals surface area contributed by atoms with Gasteiger partial charge in [-0.1, -0.05) is 30.3 Å². The number of Topliss-reactive ketones (excluding diaryl/α,β-unsaturated/α-hetero) is 1. The van der Waals surface area contributed by atoms with E-state index in [9.17, 15) is 9.59 Å². The lowest BCUT2D eigenvalue weighted by molar-refractivity contribution is -0.132. The maximum Gasteiger partial charge on any atom is 0.222 e. The van der Waals surface area contributed by atoms with Gasteiger partial charge in [-0.05, 0) is 12.5 Å². The first-order chi connectivity index (χ1) is 11.7. The van der Waals surface area contributed by atoms with Crippen molar-refractivity contribution in [3.8, 4) is 0 Å². The zero-order valence-electron chi connectivity index (χ0n) is 13.5. The summed E-state index contributed by atoms with van der Waals surface area (Å²) in [6, 6.07) is 11.0. The van der Waals surface area contributed by atoms with Crippen molar-refractivity contribution in [2.45, 2.75) is 39.0 Å². The number of nitrogens with zero attached hydrogens (tertiary/aromatic N) is 3. The van der Waals surface area contributed by atoms with Gasteiger partial charge in [-0.25, -0.2) is 0 Å². The molecule has 0 spiro atoms. The van der Waals surface area contributed by atoms with Gasteiger partial charge < -0.3 is 10.0 Å². The lowest BCUT2D eigenvalue weighted by Gasteiger charge is -2.27. The second-order valence-electron chi connectivity index (χ2n) is 5.97. The van der Waals surface area contributed by atoms with Crippen LogP contribution in [0.5, 0.6) is 0 Å². The first kappa shape index (κ1) is 16.4. The van der Waals surface area contributed by atoms with Gasteiger partial charge in [0.05, 0.1) is 31.1 Å². The van der Waals surface area contributed by atoms with Crippen molar-refractivity contribution in [1.82, 2.24) is 14.7 Å². The number of fused-ring (bicyclic) bond motifs is 1. The Morgan fingerprint density at radius 2 is 1.92 bits per heavy atom. The van der Waals surface area contributed by atoms with E-state index in [0.29, 0.717) is 50.2 Å². The molecule has 1 aliphatic heterocycles. The summed E-state index contributed by atoms with van der Waals surface area (Å²) in [4.78, 5) is 26.2. The molecular weight excluding hydrogens is 306 g/mol. The maximum absolute atomic E-state index is 12.3. The van der Waals surface area contributed by atoms with Gasteiger partial charge in [0.2, 0.25) is 5.91 Å². The molecule has 3 rings (SSSR count). The van der Waals surface area contributed by atoms with E-state index in [4.69, 9.17) is 5.11 Å². The van der Waals surface area contributed by atoms with Crippen molar-refractivity contribution in [3.63, 3.8) is 0 Å². The number of amides is 1. The molecule has 6 nitrogen and oxygen atoms in total. The molecule has 0 bridgehead atoms. The van der Waals surface area contributed by atoms with Crippen LogP contribution in [0.15, 0.2) is 36.4 Å². The largest absolute Gasteiger partial charge is 0.390 e. The van der Waals surface area contributed by atoms with Gasteiger partial charge in [0.25, 0.3) is 0 Å². The highest BCUT2D eigenvalue weighted by Gasteiger charge is 2.22. The summed E-state index contributed by atoms with van der Waals surface area (Å²) in [5.74, 6) is 0.140. The fourth-order valence-electron chi connectivity index (χ4n) is 2.94. The number of rotatable bonds is 6. The molecular formula is C18H21N3O3. The third-order valence-corrected chi connectivity index (χ3v) is 4.25. The van der Waals surface area contributed by atoms with Crippen LogP contribution in [0, 0.1) is 0 Å². The summed E-state index contributed by atoms with van der Waals surface area (Å²) in [6.07, 6.45) is 1.32. The Morgan fingerprint density at radius 1 is 1.12 bits per heavy atom. The van der Waals surface area contributed by atoms with Gasteiger partial charge in [0.15, 0.2) is 5.78 Å². The smallest absolute Gasteiger partial charge is 0.222 e. The van der Waals surface area contributed by atoms with E-state index in [0.717, 1.165) is 5.69 Å². The van der Waals surface area contributed by atoms with Crippen LogP contribution in [0.3, 0.4) is 0 Å². The molecule has 24 heavy (non-hydrogen) atoms. The van der Waals surface area contributed by atoms with E-state index in [1.54, 1.807) is 17.0 Å². The lowest BCUT2D eigenvalue weighted by atomic mass is 10.1. The van der Waals surface area contributed by atoms with Gasteiger partial charge in [-0.3, -0.25) is 14.3 Å². The van der Waals surface area contributed by atoms with Gasteiger partial charge in [0, 0.05) is 24.9 Å². The number of aliphatic hydroxyl groups excluding tert-OH is 1. The molecule has 0 fully saturated rings. The van der Waals surface area contributed by atoms with Crippen LogP contribution in [-0.4, -0.2) is 38.0 Å². The number of carbonyl (C=O) groups is 2. The Hall–Kier alpha value is -2.47. The topological polar surface area (TPSA) is 75.4 Å². The normalized spacial score (nSPS) is 13.6. The van der Waals surface area contributed by atoms with Crippen LogP contribution >= 0.6 is 0 Å². The third kappa shape index (κ3) is 3.71. The molecule has 126 valence electrons. The molecule has 6 heteroatoms. The van der Waals surface area contributed by atoms with Crippen molar-refractivity contribution < 1.29 is 14.7 Å². The molecule has 0 atom stereocenters. The van der Waals surface area contributed by atoms with E-state index >= 15 is 0 Å². The first-order valence-electron chi connectivity index (χ1n) is 8.20. The predicted molar refractivity (Wildman–Crippen MR) is 88.2 cm³/mol. The van der Waals surface area contributed by atoms with Crippen molar-refractivity contribution in [2.24, 2.45) is 0 Å². The summed E-state index contributed by atoms with van der Waals surface area (Å²) in [7, 11) is 0. The van der Waals surface area contributed by atoms with E-state index in [2.05, 4.69) is 5.10 Å². The fraction of sp³-hybridized carbons (Fsp3) is 0.389. The predicted octanol–water partition coefficient (Wildman–Crippen LogP) is 1.77. The Kier molecular flexibility index (Phi) is 5.05. The molecule has 1 amide bonds. The number of aromatic nitrogens is 2. The van der Waals surface area contributed by atoms with Crippen LogP contribution in [-0.2, 0) is 24.5 Å². The zero-order valence-corrected chi connectivity index (χ0v) is 13.5. The second kappa shape index (κ2) is 7.40.